The number of rotatable bonds is 13. The fraction of sp³-hybridized carbons (Fsp3) is 0.444. The van der Waals surface area contributed by atoms with Crippen molar-refractivity contribution in [2.45, 2.75) is 68.9 Å². The lowest BCUT2D eigenvalue weighted by Gasteiger charge is -2.23. The first kappa shape index (κ1) is 35.7. The van der Waals surface area contributed by atoms with Crippen LogP contribution in [0.5, 0.6) is 0 Å². The van der Waals surface area contributed by atoms with E-state index in [0.717, 1.165) is 37.1 Å². The highest BCUT2D eigenvalue weighted by atomic mass is 16.3. The van der Waals surface area contributed by atoms with Crippen LogP contribution < -0.4 is 31.9 Å². The first-order valence-corrected chi connectivity index (χ1v) is 17.6. The number of aliphatic hydroxyl groups excluding tert-OH is 2. The smallest absolute Gasteiger partial charge is 0.315 e. The zero-order valence-corrected chi connectivity index (χ0v) is 28.6. The molecule has 4 aromatic rings. The van der Waals surface area contributed by atoms with Crippen LogP contribution in [-0.4, -0.2) is 105 Å². The highest BCUT2D eigenvalue weighted by Crippen LogP contribution is 2.34. The maximum atomic E-state index is 13.5. The van der Waals surface area contributed by atoms with E-state index in [1.165, 1.54) is 6.33 Å². The van der Waals surface area contributed by atoms with E-state index in [-0.39, 0.29) is 61.3 Å². The van der Waals surface area contributed by atoms with Crippen molar-refractivity contribution >= 4 is 34.8 Å². The normalized spacial score (nSPS) is 20.6. The summed E-state index contributed by atoms with van der Waals surface area (Å²) in [6.07, 6.45) is 1.26. The van der Waals surface area contributed by atoms with E-state index < -0.39 is 30.2 Å². The SMILES string of the molecule is CCC(=O)N[C@H]1C[C@@H](n2cnc3c(NCC(c4ccccc4)c4ccccc4)nc(C(=O)NCCNC(=O)NC4CCNCC4)nc32)C(O)C1O. The molecule has 51 heavy (non-hydrogen) atoms. The summed E-state index contributed by atoms with van der Waals surface area (Å²) >= 11 is 0. The number of hydrogen-bond donors (Lipinski definition) is 8. The molecule has 1 saturated heterocycles. The lowest BCUT2D eigenvalue weighted by atomic mass is 9.91. The summed E-state index contributed by atoms with van der Waals surface area (Å²) in [6.45, 7) is 4.18. The Morgan fingerprint density at radius 2 is 1.57 bits per heavy atom. The Bertz CT molecular complexity index is 1740. The molecule has 2 aromatic heterocycles. The Balaban J connectivity index is 1.24. The van der Waals surface area contributed by atoms with E-state index in [0.29, 0.717) is 17.9 Å². The molecule has 0 spiro atoms. The third-order valence-corrected chi connectivity index (χ3v) is 9.55. The van der Waals surface area contributed by atoms with Gasteiger partial charge in [0.25, 0.3) is 5.91 Å². The van der Waals surface area contributed by atoms with Crippen LogP contribution in [0.25, 0.3) is 11.2 Å². The van der Waals surface area contributed by atoms with Gasteiger partial charge in [-0.1, -0.05) is 67.6 Å². The van der Waals surface area contributed by atoms with Crippen molar-refractivity contribution in [3.63, 3.8) is 0 Å². The summed E-state index contributed by atoms with van der Waals surface area (Å²) in [7, 11) is 0. The van der Waals surface area contributed by atoms with Crippen LogP contribution >= 0.6 is 0 Å². The average molecular weight is 699 g/mol. The number of anilines is 1. The quantitative estimate of drug-likeness (QED) is 0.0943. The Hall–Kier alpha value is -5.12. The number of fused-ring (bicyclic) bond motifs is 1. The molecule has 3 heterocycles. The largest absolute Gasteiger partial charge is 0.388 e. The molecule has 2 aliphatic rings. The molecule has 1 saturated carbocycles. The Kier molecular flexibility index (Phi) is 11.7. The molecule has 8 N–H and O–H groups in total. The fourth-order valence-corrected chi connectivity index (χ4v) is 6.75. The third kappa shape index (κ3) is 8.61. The number of hydrogen-bond acceptors (Lipinski definition) is 10. The van der Waals surface area contributed by atoms with Gasteiger partial charge in [-0.25, -0.2) is 19.7 Å². The minimum Gasteiger partial charge on any atom is -0.388 e. The first-order chi connectivity index (χ1) is 24.8. The van der Waals surface area contributed by atoms with Gasteiger partial charge in [0.1, 0.15) is 17.7 Å². The van der Waals surface area contributed by atoms with Crippen molar-refractivity contribution in [2.24, 2.45) is 0 Å². The van der Waals surface area contributed by atoms with Crippen LogP contribution in [0, 0.1) is 0 Å². The second-order valence-electron chi connectivity index (χ2n) is 13.0. The van der Waals surface area contributed by atoms with E-state index in [1.807, 2.05) is 36.4 Å². The van der Waals surface area contributed by atoms with Crippen molar-refractivity contribution < 1.29 is 24.6 Å². The van der Waals surface area contributed by atoms with Gasteiger partial charge in [-0.3, -0.25) is 9.59 Å². The Morgan fingerprint density at radius 1 is 0.902 bits per heavy atom. The summed E-state index contributed by atoms with van der Waals surface area (Å²) in [5.41, 5.74) is 2.84. The number of carbonyl (C=O) groups excluding carboxylic acids is 3. The molecule has 15 nitrogen and oxygen atoms in total. The molecule has 4 amide bonds. The molecular weight excluding hydrogens is 652 g/mol. The average Bonchev–Trinajstić information content (AvgIpc) is 3.70. The zero-order valence-electron chi connectivity index (χ0n) is 28.6. The summed E-state index contributed by atoms with van der Waals surface area (Å²) < 4.78 is 1.63. The zero-order chi connectivity index (χ0) is 35.7. The number of imidazole rings is 1. The number of nitrogens with zero attached hydrogens (tertiary/aromatic N) is 4. The molecule has 2 aromatic carbocycles. The predicted molar refractivity (Wildman–Crippen MR) is 191 cm³/mol. The van der Waals surface area contributed by atoms with Gasteiger partial charge in [-0.05, 0) is 43.5 Å². The van der Waals surface area contributed by atoms with Gasteiger partial charge < -0.3 is 46.7 Å². The summed E-state index contributed by atoms with van der Waals surface area (Å²) in [6, 6.07) is 18.6. The van der Waals surface area contributed by atoms with E-state index in [9.17, 15) is 24.6 Å². The highest BCUT2D eigenvalue weighted by molar-refractivity contribution is 5.94. The van der Waals surface area contributed by atoms with Gasteiger partial charge in [0, 0.05) is 38.0 Å². The van der Waals surface area contributed by atoms with E-state index >= 15 is 0 Å². The number of benzene rings is 2. The topological polar surface area (TPSA) is 207 Å². The number of amides is 4. The van der Waals surface area contributed by atoms with Crippen molar-refractivity contribution in [1.29, 1.82) is 0 Å². The first-order valence-electron chi connectivity index (χ1n) is 17.6. The highest BCUT2D eigenvalue weighted by Gasteiger charge is 2.44. The number of aromatic nitrogens is 4. The van der Waals surface area contributed by atoms with Gasteiger partial charge in [0.2, 0.25) is 11.7 Å². The molecule has 15 heteroatoms. The van der Waals surface area contributed by atoms with Gasteiger partial charge in [-0.2, -0.15) is 0 Å². The summed E-state index contributed by atoms with van der Waals surface area (Å²) in [5, 5.41) is 39.9. The van der Waals surface area contributed by atoms with Crippen LogP contribution in [0.4, 0.5) is 10.6 Å². The van der Waals surface area contributed by atoms with E-state index in [2.05, 4.69) is 71.1 Å². The van der Waals surface area contributed by atoms with Crippen LogP contribution in [0.1, 0.15) is 66.3 Å². The fourth-order valence-electron chi connectivity index (χ4n) is 6.75. The molecule has 4 atom stereocenters. The molecule has 2 fully saturated rings. The van der Waals surface area contributed by atoms with Gasteiger partial charge in [-0.15, -0.1) is 0 Å². The third-order valence-electron chi connectivity index (χ3n) is 9.55. The van der Waals surface area contributed by atoms with Crippen molar-refractivity contribution in [2.75, 3.05) is 38.0 Å². The number of urea groups is 1. The number of piperidine rings is 1. The molecule has 1 aliphatic heterocycles. The van der Waals surface area contributed by atoms with E-state index in [4.69, 9.17) is 0 Å². The van der Waals surface area contributed by atoms with Crippen LogP contribution in [0.3, 0.4) is 0 Å². The molecular formula is C36H46N10O5. The number of aliphatic hydroxyl groups is 2. The van der Waals surface area contributed by atoms with Crippen LogP contribution in [-0.2, 0) is 4.79 Å². The monoisotopic (exact) mass is 698 g/mol. The predicted octanol–water partition coefficient (Wildman–Crippen LogP) is 1.41. The second kappa shape index (κ2) is 16.7. The van der Waals surface area contributed by atoms with Crippen molar-refractivity contribution in [3.8, 4) is 0 Å². The van der Waals surface area contributed by atoms with Gasteiger partial charge >= 0.3 is 6.03 Å². The van der Waals surface area contributed by atoms with Crippen molar-refractivity contribution in [1.82, 2.24) is 46.1 Å². The van der Waals surface area contributed by atoms with Gasteiger partial charge in [0.05, 0.1) is 18.4 Å². The number of nitrogens with one attached hydrogen (secondary N) is 6. The molecule has 2 unspecified atom stereocenters. The number of carbonyl (C=O) groups is 3. The minimum absolute atomic E-state index is 0.0615. The van der Waals surface area contributed by atoms with Crippen LogP contribution in [0.2, 0.25) is 0 Å². The maximum Gasteiger partial charge on any atom is 0.315 e. The molecule has 1 aliphatic carbocycles. The molecule has 6 rings (SSSR count). The minimum atomic E-state index is -1.23. The summed E-state index contributed by atoms with van der Waals surface area (Å²) in [4.78, 5) is 51.8. The van der Waals surface area contributed by atoms with Crippen molar-refractivity contribution in [3.05, 3.63) is 83.9 Å². The van der Waals surface area contributed by atoms with Gasteiger partial charge in [0.15, 0.2) is 11.5 Å². The summed E-state index contributed by atoms with van der Waals surface area (Å²) in [5.74, 6) is -0.667. The Labute approximate surface area is 296 Å². The molecule has 0 radical (unpaired) electrons. The van der Waals surface area contributed by atoms with E-state index in [1.54, 1.807) is 11.5 Å². The standard InChI is InChI=1S/C36H46N10O5/c1-2-28(47)43-26-19-27(31(49)30(26)48)46-21-41-29-32(40-20-25(22-9-5-3-6-10-22)23-11-7-4-8-12-23)44-33(45-34(29)46)35(50)38-17-18-39-36(51)42-24-13-15-37-16-14-24/h3-12,21,24-27,30-31,37,48-49H,2,13-20H2,1H3,(H,38,50)(H,43,47)(H2,39,42,51)(H,40,44,45)/t26-,27+,30?,31?/m0/s1. The molecule has 0 bridgehead atoms. The lowest BCUT2D eigenvalue weighted by molar-refractivity contribution is -0.122. The molecule has 270 valence electrons. The maximum absolute atomic E-state index is 13.5. The van der Waals surface area contributed by atoms with Crippen LogP contribution in [0.15, 0.2) is 67.0 Å². The Morgan fingerprint density at radius 3 is 2.24 bits per heavy atom. The lowest BCUT2D eigenvalue weighted by Crippen LogP contribution is -2.48. The second-order valence-corrected chi connectivity index (χ2v) is 13.0.